The zero-order valence-corrected chi connectivity index (χ0v) is 14.1. The molecule has 0 spiro atoms. The average molecular weight is 328 g/mol. The Morgan fingerprint density at radius 2 is 2.17 bits per heavy atom. The van der Waals surface area contributed by atoms with Crippen LogP contribution < -0.4 is 10.6 Å². The van der Waals surface area contributed by atoms with E-state index in [9.17, 15) is 0 Å². The smallest absolute Gasteiger partial charge is 0.170 e. The molecule has 7 heteroatoms. The third-order valence-corrected chi connectivity index (χ3v) is 4.01. The fraction of sp³-hybridized carbons (Fsp3) is 0.312. The van der Waals surface area contributed by atoms with Gasteiger partial charge in [0.1, 0.15) is 0 Å². The van der Waals surface area contributed by atoms with Crippen LogP contribution in [0.2, 0.25) is 0 Å². The van der Waals surface area contributed by atoms with Crippen LogP contribution in [-0.4, -0.2) is 30.8 Å². The number of thiocarbonyl (C=S) groups is 1. The first kappa shape index (κ1) is 15.5. The van der Waals surface area contributed by atoms with Gasteiger partial charge >= 0.3 is 0 Å². The summed E-state index contributed by atoms with van der Waals surface area (Å²) in [7, 11) is 1.98. The van der Waals surface area contributed by atoms with Gasteiger partial charge in [-0.25, -0.2) is 9.97 Å². The fourth-order valence-electron chi connectivity index (χ4n) is 2.46. The highest BCUT2D eigenvalue weighted by atomic mass is 32.1. The molecule has 0 fully saturated rings. The minimum absolute atomic E-state index is 0.627. The Kier molecular flexibility index (Phi) is 4.57. The Labute approximate surface area is 140 Å². The van der Waals surface area contributed by atoms with Crippen LogP contribution in [0.1, 0.15) is 12.1 Å². The van der Waals surface area contributed by atoms with Crippen LogP contribution in [-0.2, 0) is 13.6 Å². The zero-order chi connectivity index (χ0) is 16.2. The van der Waals surface area contributed by atoms with E-state index in [4.69, 9.17) is 12.2 Å². The summed E-state index contributed by atoms with van der Waals surface area (Å²) in [5.74, 6) is 0. The van der Waals surface area contributed by atoms with Gasteiger partial charge in [0.05, 0.1) is 23.7 Å². The number of hydrogen-bond donors (Lipinski definition) is 2. The topological polar surface area (TPSA) is 59.7 Å². The van der Waals surface area contributed by atoms with Crippen molar-refractivity contribution in [3.8, 4) is 0 Å². The van der Waals surface area contributed by atoms with Gasteiger partial charge in [0, 0.05) is 37.7 Å². The Hall–Kier alpha value is -2.41. The molecule has 0 amide bonds. The standard InChI is InChI=1S/C16H20N6S/c1-12-9-17-10-22(12)7-3-6-18-16(23)20-13-4-5-15-14(8-13)19-11-21(15)2/h4-5,8-11H,3,6-7H2,1-2H3,(H2,18,20,23). The van der Waals surface area contributed by atoms with Gasteiger partial charge in [0.2, 0.25) is 0 Å². The number of anilines is 1. The third kappa shape index (κ3) is 3.68. The second-order valence-corrected chi connectivity index (χ2v) is 5.93. The molecule has 2 N–H and O–H groups in total. The molecular formula is C16H20N6S. The van der Waals surface area contributed by atoms with Crippen LogP contribution >= 0.6 is 12.2 Å². The van der Waals surface area contributed by atoms with Gasteiger partial charge in [-0.05, 0) is 43.8 Å². The number of aryl methyl sites for hydroxylation is 3. The van der Waals surface area contributed by atoms with Crippen LogP contribution in [0, 0.1) is 6.92 Å². The maximum atomic E-state index is 5.34. The highest BCUT2D eigenvalue weighted by molar-refractivity contribution is 7.80. The van der Waals surface area contributed by atoms with E-state index in [1.807, 2.05) is 48.7 Å². The number of imidazole rings is 2. The van der Waals surface area contributed by atoms with Crippen molar-refractivity contribution in [1.82, 2.24) is 24.4 Å². The normalized spacial score (nSPS) is 10.9. The predicted octanol–water partition coefficient (Wildman–Crippen LogP) is 2.45. The molecule has 6 nitrogen and oxygen atoms in total. The molecule has 0 saturated carbocycles. The number of hydrogen-bond acceptors (Lipinski definition) is 3. The summed E-state index contributed by atoms with van der Waals surface area (Å²) in [6.07, 6.45) is 6.52. The first-order chi connectivity index (χ1) is 11.1. The van der Waals surface area contributed by atoms with Crippen LogP contribution in [0.3, 0.4) is 0 Å². The van der Waals surface area contributed by atoms with Crippen molar-refractivity contribution >= 4 is 34.1 Å². The second-order valence-electron chi connectivity index (χ2n) is 5.52. The number of fused-ring (bicyclic) bond motifs is 1. The number of aromatic nitrogens is 4. The van der Waals surface area contributed by atoms with Gasteiger partial charge in [-0.1, -0.05) is 0 Å². The SMILES string of the molecule is Cc1cncn1CCCNC(=S)Nc1ccc2c(c1)ncn2C. The molecule has 23 heavy (non-hydrogen) atoms. The molecule has 3 aromatic rings. The highest BCUT2D eigenvalue weighted by Gasteiger charge is 2.03. The summed E-state index contributed by atoms with van der Waals surface area (Å²) in [5.41, 5.74) is 4.18. The number of nitrogens with zero attached hydrogens (tertiary/aromatic N) is 4. The van der Waals surface area contributed by atoms with E-state index in [0.29, 0.717) is 5.11 Å². The largest absolute Gasteiger partial charge is 0.362 e. The minimum atomic E-state index is 0.627. The monoisotopic (exact) mass is 328 g/mol. The van der Waals surface area contributed by atoms with Gasteiger partial charge in [0.15, 0.2) is 5.11 Å². The van der Waals surface area contributed by atoms with Crippen molar-refractivity contribution in [2.45, 2.75) is 19.9 Å². The van der Waals surface area contributed by atoms with E-state index in [-0.39, 0.29) is 0 Å². The average Bonchev–Trinajstić information content (AvgIpc) is 3.10. The molecule has 120 valence electrons. The Bertz CT molecular complexity index is 819. The lowest BCUT2D eigenvalue weighted by molar-refractivity contribution is 0.620. The minimum Gasteiger partial charge on any atom is -0.362 e. The third-order valence-electron chi connectivity index (χ3n) is 3.77. The molecule has 3 rings (SSSR count). The van der Waals surface area contributed by atoms with E-state index >= 15 is 0 Å². The summed E-state index contributed by atoms with van der Waals surface area (Å²) in [6.45, 7) is 3.80. The Balaban J connectivity index is 1.47. The van der Waals surface area contributed by atoms with Gasteiger partial charge in [0.25, 0.3) is 0 Å². The molecule has 0 unspecified atom stereocenters. The molecule has 2 aromatic heterocycles. The van der Waals surface area contributed by atoms with Gasteiger partial charge < -0.3 is 19.8 Å². The first-order valence-corrected chi connectivity index (χ1v) is 7.97. The molecule has 0 radical (unpaired) electrons. The Morgan fingerprint density at radius 3 is 2.96 bits per heavy atom. The molecule has 0 aliphatic carbocycles. The Morgan fingerprint density at radius 1 is 1.30 bits per heavy atom. The van der Waals surface area contributed by atoms with Crippen molar-refractivity contribution in [3.63, 3.8) is 0 Å². The van der Waals surface area contributed by atoms with Gasteiger partial charge in [-0.2, -0.15) is 0 Å². The lowest BCUT2D eigenvalue weighted by Gasteiger charge is -2.11. The maximum absolute atomic E-state index is 5.34. The van der Waals surface area contributed by atoms with E-state index in [1.54, 1.807) is 0 Å². The summed E-state index contributed by atoms with van der Waals surface area (Å²) in [6, 6.07) is 6.04. The second kappa shape index (κ2) is 6.78. The van der Waals surface area contributed by atoms with Gasteiger partial charge in [-0.15, -0.1) is 0 Å². The molecule has 0 aliphatic rings. The van der Waals surface area contributed by atoms with Crippen molar-refractivity contribution in [2.75, 3.05) is 11.9 Å². The van der Waals surface area contributed by atoms with Crippen LogP contribution in [0.4, 0.5) is 5.69 Å². The molecule has 0 saturated heterocycles. The summed E-state index contributed by atoms with van der Waals surface area (Å²) < 4.78 is 4.13. The van der Waals surface area contributed by atoms with E-state index in [1.165, 1.54) is 5.69 Å². The quantitative estimate of drug-likeness (QED) is 0.556. The highest BCUT2D eigenvalue weighted by Crippen LogP contribution is 2.17. The number of nitrogens with one attached hydrogen (secondary N) is 2. The number of rotatable bonds is 5. The lowest BCUT2D eigenvalue weighted by atomic mass is 10.3. The van der Waals surface area contributed by atoms with Gasteiger partial charge in [-0.3, -0.25) is 0 Å². The maximum Gasteiger partial charge on any atom is 0.170 e. The van der Waals surface area contributed by atoms with E-state index in [0.717, 1.165) is 36.2 Å². The predicted molar refractivity (Wildman–Crippen MR) is 96.5 cm³/mol. The fourth-order valence-corrected chi connectivity index (χ4v) is 2.68. The van der Waals surface area contributed by atoms with E-state index < -0.39 is 0 Å². The lowest BCUT2D eigenvalue weighted by Crippen LogP contribution is -2.29. The van der Waals surface area contributed by atoms with E-state index in [2.05, 4.69) is 32.1 Å². The first-order valence-electron chi connectivity index (χ1n) is 7.56. The van der Waals surface area contributed by atoms with Crippen LogP contribution in [0.5, 0.6) is 0 Å². The molecular weight excluding hydrogens is 308 g/mol. The number of benzene rings is 1. The summed E-state index contributed by atoms with van der Waals surface area (Å²) >= 11 is 5.34. The summed E-state index contributed by atoms with van der Waals surface area (Å²) in [4.78, 5) is 8.46. The van der Waals surface area contributed by atoms with Crippen molar-refractivity contribution in [3.05, 3.63) is 42.7 Å². The molecule has 0 aliphatic heterocycles. The van der Waals surface area contributed by atoms with Crippen LogP contribution in [0.15, 0.2) is 37.1 Å². The molecule has 0 atom stereocenters. The van der Waals surface area contributed by atoms with Crippen molar-refractivity contribution in [2.24, 2.45) is 7.05 Å². The molecule has 0 bridgehead atoms. The molecule has 2 heterocycles. The van der Waals surface area contributed by atoms with Crippen molar-refractivity contribution in [1.29, 1.82) is 0 Å². The molecule has 1 aromatic carbocycles. The van der Waals surface area contributed by atoms with Crippen molar-refractivity contribution < 1.29 is 0 Å². The van der Waals surface area contributed by atoms with Crippen LogP contribution in [0.25, 0.3) is 11.0 Å². The summed E-state index contributed by atoms with van der Waals surface area (Å²) in [5, 5.41) is 7.06. The zero-order valence-electron chi connectivity index (χ0n) is 13.3.